The molecule has 1 aliphatic heterocycles. The lowest BCUT2D eigenvalue weighted by Gasteiger charge is -2.35. The number of rotatable bonds is 4. The number of nitrogens with zero attached hydrogens (tertiary/aromatic N) is 3. The number of carbonyl (C=O) groups excluding carboxylic acids is 1. The van der Waals surface area contributed by atoms with E-state index < -0.39 is 0 Å². The second kappa shape index (κ2) is 8.03. The van der Waals surface area contributed by atoms with Crippen LogP contribution in [0.25, 0.3) is 21.3 Å². The second-order valence-electron chi connectivity index (χ2n) is 6.86. The minimum Gasteiger partial charge on any atom is -0.467 e. The summed E-state index contributed by atoms with van der Waals surface area (Å²) < 4.78 is 11.5. The van der Waals surface area contributed by atoms with Gasteiger partial charge >= 0.3 is 0 Å². The van der Waals surface area contributed by atoms with Gasteiger partial charge in [0, 0.05) is 29.1 Å². The molecule has 3 heterocycles. The molecular weight excluding hydrogens is 398 g/mol. The van der Waals surface area contributed by atoms with Crippen LogP contribution in [0.1, 0.15) is 13.8 Å². The summed E-state index contributed by atoms with van der Waals surface area (Å²) >= 11 is 7.52. The van der Waals surface area contributed by atoms with E-state index in [1.54, 1.807) is 4.90 Å². The zero-order valence-electron chi connectivity index (χ0n) is 15.6. The lowest BCUT2D eigenvalue weighted by atomic mass is 10.1. The molecule has 2 unspecified atom stereocenters. The first-order valence-corrected chi connectivity index (χ1v) is 10.3. The Labute approximate surface area is 172 Å². The largest absolute Gasteiger partial charge is 0.467 e. The third kappa shape index (κ3) is 3.97. The molecule has 146 valence electrons. The third-order valence-electron chi connectivity index (χ3n) is 4.60. The Morgan fingerprint density at radius 2 is 1.96 bits per heavy atom. The van der Waals surface area contributed by atoms with Crippen LogP contribution in [-0.4, -0.2) is 52.7 Å². The maximum Gasteiger partial charge on any atom is 0.260 e. The predicted molar refractivity (Wildman–Crippen MR) is 110 cm³/mol. The molecule has 28 heavy (non-hydrogen) atoms. The molecule has 6 nitrogen and oxygen atoms in total. The van der Waals surface area contributed by atoms with Gasteiger partial charge in [0.15, 0.2) is 6.61 Å². The molecule has 0 N–H and O–H groups in total. The van der Waals surface area contributed by atoms with Crippen LogP contribution >= 0.6 is 22.9 Å². The Bertz CT molecular complexity index is 982. The first kappa shape index (κ1) is 19.1. The van der Waals surface area contributed by atoms with Crippen molar-refractivity contribution in [3.63, 3.8) is 0 Å². The van der Waals surface area contributed by atoms with Crippen LogP contribution in [0.5, 0.6) is 5.88 Å². The fourth-order valence-corrected chi connectivity index (χ4v) is 4.43. The lowest BCUT2D eigenvalue weighted by Crippen LogP contribution is -2.49. The highest BCUT2D eigenvalue weighted by Crippen LogP contribution is 2.37. The number of aromatic nitrogens is 2. The average Bonchev–Trinajstić information content (AvgIpc) is 3.10. The highest BCUT2D eigenvalue weighted by Gasteiger charge is 2.26. The molecule has 0 saturated carbocycles. The van der Waals surface area contributed by atoms with Gasteiger partial charge in [-0.1, -0.05) is 23.7 Å². The smallest absolute Gasteiger partial charge is 0.260 e. The van der Waals surface area contributed by atoms with Crippen LogP contribution in [-0.2, 0) is 9.53 Å². The molecular formula is C20H20ClN3O3S. The van der Waals surface area contributed by atoms with E-state index in [1.807, 2.05) is 43.5 Å². The molecule has 1 fully saturated rings. The van der Waals surface area contributed by atoms with Crippen molar-refractivity contribution < 1.29 is 14.3 Å². The van der Waals surface area contributed by atoms with Crippen molar-refractivity contribution in [3.05, 3.63) is 41.0 Å². The van der Waals surface area contributed by atoms with Gasteiger partial charge in [0.1, 0.15) is 11.2 Å². The third-order valence-corrected chi connectivity index (χ3v) is 5.73. The van der Waals surface area contributed by atoms with Gasteiger partial charge in [-0.15, -0.1) is 11.3 Å². The highest BCUT2D eigenvalue weighted by molar-refractivity contribution is 7.17. The molecule has 4 rings (SSSR count). The van der Waals surface area contributed by atoms with Crippen molar-refractivity contribution in [1.29, 1.82) is 0 Å². The van der Waals surface area contributed by atoms with E-state index in [9.17, 15) is 4.79 Å². The molecule has 0 spiro atoms. The van der Waals surface area contributed by atoms with Gasteiger partial charge in [0.25, 0.3) is 5.91 Å². The number of hydrogen-bond acceptors (Lipinski definition) is 6. The van der Waals surface area contributed by atoms with Crippen molar-refractivity contribution >= 4 is 39.1 Å². The molecule has 2 aromatic heterocycles. The van der Waals surface area contributed by atoms with Gasteiger partial charge in [-0.25, -0.2) is 9.97 Å². The fraction of sp³-hybridized carbons (Fsp3) is 0.350. The van der Waals surface area contributed by atoms with Crippen molar-refractivity contribution in [2.75, 3.05) is 19.7 Å². The van der Waals surface area contributed by atoms with Gasteiger partial charge in [-0.05, 0) is 31.5 Å². The van der Waals surface area contributed by atoms with E-state index in [0.29, 0.717) is 24.0 Å². The Hall–Kier alpha value is -2.22. The molecule has 1 saturated heterocycles. The van der Waals surface area contributed by atoms with Crippen molar-refractivity contribution in [2.45, 2.75) is 26.1 Å². The Balaban J connectivity index is 1.56. The van der Waals surface area contributed by atoms with E-state index in [-0.39, 0.29) is 24.7 Å². The van der Waals surface area contributed by atoms with E-state index in [1.165, 1.54) is 17.7 Å². The van der Waals surface area contributed by atoms with E-state index in [2.05, 4.69) is 9.97 Å². The summed E-state index contributed by atoms with van der Waals surface area (Å²) in [6.07, 6.45) is 1.50. The number of benzene rings is 1. The molecule has 3 aromatic rings. The number of thiophene rings is 1. The summed E-state index contributed by atoms with van der Waals surface area (Å²) in [5, 5.41) is 3.50. The zero-order valence-corrected chi connectivity index (χ0v) is 17.2. The van der Waals surface area contributed by atoms with E-state index in [0.717, 1.165) is 21.3 Å². The number of ether oxygens (including phenoxy) is 2. The van der Waals surface area contributed by atoms with E-state index >= 15 is 0 Å². The summed E-state index contributed by atoms with van der Waals surface area (Å²) in [5.74, 6) is 0.343. The molecule has 8 heteroatoms. The minimum atomic E-state index is -0.0722. The quantitative estimate of drug-likeness (QED) is 0.641. The van der Waals surface area contributed by atoms with Crippen LogP contribution < -0.4 is 4.74 Å². The molecule has 0 bridgehead atoms. The van der Waals surface area contributed by atoms with Crippen LogP contribution in [0.2, 0.25) is 5.02 Å². The Kier molecular flexibility index (Phi) is 5.48. The van der Waals surface area contributed by atoms with Crippen molar-refractivity contribution in [1.82, 2.24) is 14.9 Å². The topological polar surface area (TPSA) is 64.6 Å². The number of amides is 1. The van der Waals surface area contributed by atoms with Gasteiger partial charge in [0.05, 0.1) is 17.6 Å². The number of halogens is 1. The Morgan fingerprint density at radius 3 is 2.68 bits per heavy atom. The standard InChI is InChI=1S/C20H20ClN3O3S/c1-12-7-24(8-13(2)27-12)17(25)9-26-19-18-16(10-28-20(18)23-11-22-19)14-3-5-15(21)6-4-14/h3-6,10-13H,7-9H2,1-2H3. The predicted octanol–water partition coefficient (Wildman–Crippen LogP) is 4.03. The number of fused-ring (bicyclic) bond motifs is 1. The Morgan fingerprint density at radius 1 is 1.25 bits per heavy atom. The normalized spacial score (nSPS) is 19.8. The van der Waals surface area contributed by atoms with Crippen molar-refractivity contribution in [2.24, 2.45) is 0 Å². The summed E-state index contributed by atoms with van der Waals surface area (Å²) in [6, 6.07) is 7.58. The van der Waals surface area contributed by atoms with Crippen LogP contribution in [0, 0.1) is 0 Å². The molecule has 1 aliphatic rings. The maximum absolute atomic E-state index is 12.6. The average molecular weight is 418 g/mol. The highest BCUT2D eigenvalue weighted by atomic mass is 35.5. The molecule has 0 radical (unpaired) electrons. The molecule has 1 amide bonds. The summed E-state index contributed by atoms with van der Waals surface area (Å²) in [4.78, 5) is 23.8. The minimum absolute atomic E-state index is 0.0202. The van der Waals surface area contributed by atoms with Crippen molar-refractivity contribution in [3.8, 4) is 17.0 Å². The number of hydrogen-bond donors (Lipinski definition) is 0. The first-order valence-electron chi connectivity index (χ1n) is 9.05. The maximum atomic E-state index is 12.6. The van der Waals surface area contributed by atoms with Crippen LogP contribution in [0.3, 0.4) is 0 Å². The fourth-order valence-electron chi connectivity index (χ4n) is 3.40. The first-order chi connectivity index (χ1) is 13.5. The summed E-state index contributed by atoms with van der Waals surface area (Å²) in [7, 11) is 0. The second-order valence-corrected chi connectivity index (χ2v) is 8.15. The summed E-state index contributed by atoms with van der Waals surface area (Å²) in [6.45, 7) is 5.00. The monoisotopic (exact) mass is 417 g/mol. The van der Waals surface area contributed by atoms with Gasteiger partial charge < -0.3 is 14.4 Å². The number of morpholine rings is 1. The van der Waals surface area contributed by atoms with Crippen LogP contribution in [0.4, 0.5) is 0 Å². The van der Waals surface area contributed by atoms with Crippen LogP contribution in [0.15, 0.2) is 36.0 Å². The van der Waals surface area contributed by atoms with Gasteiger partial charge in [-0.3, -0.25) is 4.79 Å². The molecule has 0 aliphatic carbocycles. The number of carbonyl (C=O) groups is 1. The zero-order chi connectivity index (χ0) is 19.7. The van der Waals surface area contributed by atoms with E-state index in [4.69, 9.17) is 21.1 Å². The van der Waals surface area contributed by atoms with Gasteiger partial charge in [-0.2, -0.15) is 0 Å². The lowest BCUT2D eigenvalue weighted by molar-refractivity contribution is -0.145. The summed E-state index contributed by atoms with van der Waals surface area (Å²) in [5.41, 5.74) is 1.96. The molecule has 2 atom stereocenters. The molecule has 1 aromatic carbocycles. The van der Waals surface area contributed by atoms with Gasteiger partial charge in [0.2, 0.25) is 5.88 Å². The SMILES string of the molecule is CC1CN(C(=O)COc2ncnc3scc(-c4ccc(Cl)cc4)c23)CC(C)O1.